The molecule has 0 saturated carbocycles. The second-order valence-electron chi connectivity index (χ2n) is 7.08. The van der Waals surface area contributed by atoms with Gasteiger partial charge in [0.25, 0.3) is 0 Å². The molecule has 0 amide bonds. The van der Waals surface area contributed by atoms with E-state index in [-0.39, 0.29) is 29.9 Å². The molecule has 1 atom stereocenters. The van der Waals surface area contributed by atoms with Gasteiger partial charge in [-0.1, -0.05) is 42.5 Å². The summed E-state index contributed by atoms with van der Waals surface area (Å²) in [4.78, 5) is 18.1. The molecule has 0 aromatic heterocycles. The second kappa shape index (κ2) is 14.0. The second-order valence-corrected chi connectivity index (χ2v) is 7.08. The summed E-state index contributed by atoms with van der Waals surface area (Å²) in [6, 6.07) is 18.3. The molecule has 2 aromatic carbocycles. The van der Waals surface area contributed by atoms with Crippen LogP contribution in [0.25, 0.3) is 0 Å². The molecule has 0 bridgehead atoms. The van der Waals surface area contributed by atoms with E-state index in [2.05, 4.69) is 58.8 Å². The number of hydrogen-bond donors (Lipinski definition) is 2. The third-order valence-corrected chi connectivity index (χ3v) is 4.94. The molecule has 0 saturated heterocycles. The van der Waals surface area contributed by atoms with Gasteiger partial charge in [-0.15, -0.1) is 24.0 Å². The maximum absolute atomic E-state index is 11.5. The Morgan fingerprint density at radius 3 is 2.33 bits per heavy atom. The molecule has 0 radical (unpaired) electrons. The summed E-state index contributed by atoms with van der Waals surface area (Å²) in [6.45, 7) is 4.64. The third kappa shape index (κ3) is 8.71. The largest absolute Gasteiger partial charge is 0.465 e. The van der Waals surface area contributed by atoms with E-state index in [9.17, 15) is 4.79 Å². The van der Waals surface area contributed by atoms with E-state index in [4.69, 9.17) is 4.74 Å². The standard InChI is InChI=1S/C23H32N4O2.HI/c1-18(27(3)17-20-8-6-5-7-9-20)14-15-25-23(24-2)26-16-19-10-12-21(13-11-19)22(28)29-4;/h5-13,18H,14-17H2,1-4H3,(H2,24,25,26);1H. The Kier molecular flexibility index (Phi) is 12.1. The van der Waals surface area contributed by atoms with Crippen LogP contribution in [0.2, 0.25) is 0 Å². The Hall–Kier alpha value is -2.13. The number of nitrogens with zero attached hydrogens (tertiary/aromatic N) is 2. The van der Waals surface area contributed by atoms with Crippen LogP contribution in [-0.2, 0) is 17.8 Å². The van der Waals surface area contributed by atoms with Crippen molar-refractivity contribution in [3.8, 4) is 0 Å². The quantitative estimate of drug-likeness (QED) is 0.227. The van der Waals surface area contributed by atoms with E-state index >= 15 is 0 Å². The first kappa shape index (κ1) is 25.9. The van der Waals surface area contributed by atoms with Gasteiger partial charge in [0.05, 0.1) is 12.7 Å². The zero-order chi connectivity index (χ0) is 21.1. The van der Waals surface area contributed by atoms with Gasteiger partial charge >= 0.3 is 5.97 Å². The summed E-state index contributed by atoms with van der Waals surface area (Å²) >= 11 is 0. The maximum atomic E-state index is 11.5. The summed E-state index contributed by atoms with van der Waals surface area (Å²) in [6.07, 6.45) is 1.01. The number of esters is 1. The van der Waals surface area contributed by atoms with Crippen molar-refractivity contribution in [3.63, 3.8) is 0 Å². The highest BCUT2D eigenvalue weighted by atomic mass is 127. The highest BCUT2D eigenvalue weighted by Crippen LogP contribution is 2.08. The van der Waals surface area contributed by atoms with E-state index in [0.29, 0.717) is 18.2 Å². The molecule has 2 aromatic rings. The lowest BCUT2D eigenvalue weighted by Gasteiger charge is -2.25. The number of carbonyl (C=O) groups excluding carboxylic acids is 1. The van der Waals surface area contributed by atoms with Gasteiger partial charge in [0.2, 0.25) is 0 Å². The first-order valence-corrected chi connectivity index (χ1v) is 9.89. The molecule has 0 aliphatic rings. The van der Waals surface area contributed by atoms with Gasteiger partial charge in [-0.2, -0.15) is 0 Å². The lowest BCUT2D eigenvalue weighted by Crippen LogP contribution is -2.39. The molecule has 0 fully saturated rings. The van der Waals surface area contributed by atoms with Crippen molar-refractivity contribution in [3.05, 3.63) is 71.3 Å². The van der Waals surface area contributed by atoms with Gasteiger partial charge in [-0.25, -0.2) is 4.79 Å². The van der Waals surface area contributed by atoms with E-state index in [0.717, 1.165) is 31.0 Å². The zero-order valence-corrected chi connectivity index (χ0v) is 20.6. The molecular formula is C23H33IN4O2. The predicted molar refractivity (Wildman–Crippen MR) is 133 cm³/mol. The SMILES string of the molecule is CN=C(NCCC(C)N(C)Cc1ccccc1)NCc1ccc(C(=O)OC)cc1.I. The lowest BCUT2D eigenvalue weighted by molar-refractivity contribution is 0.0600. The monoisotopic (exact) mass is 524 g/mol. The van der Waals surface area contributed by atoms with Gasteiger partial charge in [-0.05, 0) is 43.7 Å². The average Bonchev–Trinajstić information content (AvgIpc) is 2.76. The smallest absolute Gasteiger partial charge is 0.337 e. The Labute approximate surface area is 197 Å². The van der Waals surface area contributed by atoms with Crippen LogP contribution in [0.5, 0.6) is 0 Å². The van der Waals surface area contributed by atoms with Crippen molar-refractivity contribution in [2.24, 2.45) is 4.99 Å². The number of rotatable bonds is 9. The number of carbonyl (C=O) groups is 1. The minimum absolute atomic E-state index is 0. The lowest BCUT2D eigenvalue weighted by atomic mass is 10.1. The van der Waals surface area contributed by atoms with E-state index in [1.165, 1.54) is 12.7 Å². The number of ether oxygens (including phenoxy) is 1. The first-order chi connectivity index (χ1) is 14.0. The summed E-state index contributed by atoms with van der Waals surface area (Å²) in [7, 11) is 5.30. The third-order valence-electron chi connectivity index (χ3n) is 4.94. The summed E-state index contributed by atoms with van der Waals surface area (Å²) in [5.74, 6) is 0.438. The van der Waals surface area contributed by atoms with Crippen molar-refractivity contribution in [2.75, 3.05) is 27.7 Å². The normalized spacial score (nSPS) is 12.1. The first-order valence-electron chi connectivity index (χ1n) is 9.89. The Bertz CT molecular complexity index is 782. The summed E-state index contributed by atoms with van der Waals surface area (Å²) in [5.41, 5.74) is 2.94. The Balaban J connectivity index is 0.00000450. The number of methoxy groups -OCH3 is 1. The number of halogens is 1. The van der Waals surface area contributed by atoms with Gasteiger partial charge in [0.15, 0.2) is 5.96 Å². The molecule has 1 unspecified atom stereocenters. The van der Waals surface area contributed by atoms with E-state index < -0.39 is 0 Å². The molecule has 0 spiro atoms. The van der Waals surface area contributed by atoms with Crippen LogP contribution < -0.4 is 10.6 Å². The molecular weight excluding hydrogens is 491 g/mol. The summed E-state index contributed by atoms with van der Waals surface area (Å²) < 4.78 is 4.72. The predicted octanol–water partition coefficient (Wildman–Crippen LogP) is 3.67. The minimum Gasteiger partial charge on any atom is -0.465 e. The van der Waals surface area contributed by atoms with Crippen LogP contribution in [0.4, 0.5) is 0 Å². The molecule has 6 nitrogen and oxygen atoms in total. The fourth-order valence-corrected chi connectivity index (χ4v) is 2.93. The zero-order valence-electron chi connectivity index (χ0n) is 18.2. The number of hydrogen-bond acceptors (Lipinski definition) is 4. The number of benzene rings is 2. The topological polar surface area (TPSA) is 66.0 Å². The molecule has 0 aliphatic carbocycles. The fraction of sp³-hybridized carbons (Fsp3) is 0.391. The molecule has 0 aliphatic heterocycles. The number of aliphatic imine (C=N–C) groups is 1. The number of nitrogens with one attached hydrogen (secondary N) is 2. The van der Waals surface area contributed by atoms with E-state index in [1.807, 2.05) is 18.2 Å². The van der Waals surface area contributed by atoms with Gasteiger partial charge in [-0.3, -0.25) is 9.89 Å². The van der Waals surface area contributed by atoms with Gasteiger partial charge in [0.1, 0.15) is 0 Å². The van der Waals surface area contributed by atoms with Crippen molar-refractivity contribution < 1.29 is 9.53 Å². The number of guanidine groups is 1. The molecule has 0 heterocycles. The Morgan fingerprint density at radius 1 is 1.07 bits per heavy atom. The van der Waals surface area contributed by atoms with Crippen LogP contribution in [-0.4, -0.2) is 50.6 Å². The van der Waals surface area contributed by atoms with Crippen molar-refractivity contribution >= 4 is 35.9 Å². The van der Waals surface area contributed by atoms with E-state index in [1.54, 1.807) is 19.2 Å². The van der Waals surface area contributed by atoms with Crippen LogP contribution in [0.1, 0.15) is 34.8 Å². The molecule has 2 rings (SSSR count). The fourth-order valence-electron chi connectivity index (χ4n) is 2.93. The highest BCUT2D eigenvalue weighted by molar-refractivity contribution is 14.0. The van der Waals surface area contributed by atoms with Crippen LogP contribution in [0, 0.1) is 0 Å². The van der Waals surface area contributed by atoms with Crippen molar-refractivity contribution in [1.29, 1.82) is 0 Å². The molecule has 164 valence electrons. The minimum atomic E-state index is -0.326. The highest BCUT2D eigenvalue weighted by Gasteiger charge is 2.10. The van der Waals surface area contributed by atoms with Crippen LogP contribution in [0.3, 0.4) is 0 Å². The molecule has 2 N–H and O–H groups in total. The maximum Gasteiger partial charge on any atom is 0.337 e. The van der Waals surface area contributed by atoms with Crippen LogP contribution in [0.15, 0.2) is 59.6 Å². The Morgan fingerprint density at radius 2 is 1.73 bits per heavy atom. The summed E-state index contributed by atoms with van der Waals surface area (Å²) in [5, 5.41) is 6.67. The van der Waals surface area contributed by atoms with Gasteiger partial charge < -0.3 is 15.4 Å². The van der Waals surface area contributed by atoms with Crippen molar-refractivity contribution in [1.82, 2.24) is 15.5 Å². The molecule has 7 heteroatoms. The van der Waals surface area contributed by atoms with Crippen LogP contribution >= 0.6 is 24.0 Å². The average molecular weight is 524 g/mol. The van der Waals surface area contributed by atoms with Crippen molar-refractivity contribution in [2.45, 2.75) is 32.5 Å². The molecule has 30 heavy (non-hydrogen) atoms. The van der Waals surface area contributed by atoms with Gasteiger partial charge in [0, 0.05) is 32.7 Å².